The van der Waals surface area contributed by atoms with Crippen LogP contribution in [0.4, 0.5) is 5.69 Å². The highest BCUT2D eigenvalue weighted by atomic mass is 35.5. The fourth-order valence-corrected chi connectivity index (χ4v) is 1.75. The molecular weight excluding hydrogens is 280 g/mol. The van der Waals surface area contributed by atoms with Crippen molar-refractivity contribution in [1.29, 1.82) is 0 Å². The third-order valence-electron chi connectivity index (χ3n) is 2.94. The third kappa shape index (κ3) is 4.51. The lowest BCUT2D eigenvalue weighted by Gasteiger charge is -2.18. The summed E-state index contributed by atoms with van der Waals surface area (Å²) in [6, 6.07) is 5.10. The smallest absolute Gasteiger partial charge is 0.313 e. The predicted molar refractivity (Wildman–Crippen MR) is 78.8 cm³/mol. The Labute approximate surface area is 123 Å². The van der Waals surface area contributed by atoms with E-state index in [-0.39, 0.29) is 0 Å². The highest BCUT2D eigenvalue weighted by Crippen LogP contribution is 2.22. The highest BCUT2D eigenvalue weighted by Gasteiger charge is 2.19. The van der Waals surface area contributed by atoms with Crippen LogP contribution in [0.2, 0.25) is 5.02 Å². The van der Waals surface area contributed by atoms with Gasteiger partial charge in [0.2, 0.25) is 0 Å². The number of aliphatic hydroxyl groups excluding tert-OH is 1. The van der Waals surface area contributed by atoms with E-state index in [2.05, 4.69) is 5.32 Å². The monoisotopic (exact) mass is 298 g/mol. The van der Waals surface area contributed by atoms with Crippen LogP contribution in [0.5, 0.6) is 0 Å². The topological polar surface area (TPSA) is 69.6 Å². The Morgan fingerprint density at radius 1 is 1.45 bits per heavy atom. The van der Waals surface area contributed by atoms with E-state index in [1.54, 1.807) is 32.0 Å². The standard InChI is InChI=1S/C14H19ClN2O3/c1-9(18)7-8-17(3)14(20)13(19)16-12-6-4-5-11(15)10(12)2/h4-6,9,18H,7-8H2,1-3H3,(H,16,19). The van der Waals surface area contributed by atoms with Crippen LogP contribution in [-0.2, 0) is 9.59 Å². The minimum Gasteiger partial charge on any atom is -0.393 e. The van der Waals surface area contributed by atoms with E-state index in [0.29, 0.717) is 29.2 Å². The van der Waals surface area contributed by atoms with E-state index in [4.69, 9.17) is 11.6 Å². The Morgan fingerprint density at radius 3 is 2.70 bits per heavy atom. The van der Waals surface area contributed by atoms with Gasteiger partial charge < -0.3 is 15.3 Å². The number of likely N-dealkylation sites (N-methyl/N-ethyl adjacent to an activating group) is 1. The number of aliphatic hydroxyl groups is 1. The number of hydrogen-bond acceptors (Lipinski definition) is 3. The lowest BCUT2D eigenvalue weighted by Crippen LogP contribution is -2.38. The lowest BCUT2D eigenvalue weighted by atomic mass is 10.2. The number of nitrogens with one attached hydrogen (secondary N) is 1. The maximum absolute atomic E-state index is 11.9. The zero-order valence-electron chi connectivity index (χ0n) is 11.8. The number of halogens is 1. The first kappa shape index (κ1) is 16.5. The van der Waals surface area contributed by atoms with Gasteiger partial charge >= 0.3 is 11.8 Å². The van der Waals surface area contributed by atoms with Crippen molar-refractivity contribution < 1.29 is 14.7 Å². The number of amides is 2. The van der Waals surface area contributed by atoms with E-state index in [0.717, 1.165) is 0 Å². The molecule has 0 radical (unpaired) electrons. The molecule has 0 saturated heterocycles. The maximum atomic E-state index is 11.9. The molecule has 2 amide bonds. The summed E-state index contributed by atoms with van der Waals surface area (Å²) in [4.78, 5) is 25.0. The van der Waals surface area contributed by atoms with Gasteiger partial charge in [-0.05, 0) is 38.0 Å². The van der Waals surface area contributed by atoms with Crippen LogP contribution in [-0.4, -0.2) is 41.5 Å². The summed E-state index contributed by atoms with van der Waals surface area (Å²) in [5, 5.41) is 12.2. The number of carbonyl (C=O) groups is 2. The molecule has 0 heterocycles. The molecule has 2 N–H and O–H groups in total. The summed E-state index contributed by atoms with van der Waals surface area (Å²) in [6.07, 6.45) is -0.0883. The Morgan fingerprint density at radius 2 is 2.10 bits per heavy atom. The second kappa shape index (κ2) is 7.26. The van der Waals surface area contributed by atoms with Gasteiger partial charge in [-0.15, -0.1) is 0 Å². The fourth-order valence-electron chi connectivity index (χ4n) is 1.57. The Bertz CT molecular complexity index is 503. The molecule has 1 aromatic carbocycles. The number of nitrogens with zero attached hydrogens (tertiary/aromatic N) is 1. The van der Waals surface area contributed by atoms with Crippen molar-refractivity contribution in [2.75, 3.05) is 18.9 Å². The normalized spacial score (nSPS) is 11.8. The van der Waals surface area contributed by atoms with Crippen LogP contribution < -0.4 is 5.32 Å². The average molecular weight is 299 g/mol. The van der Waals surface area contributed by atoms with Crippen molar-refractivity contribution in [3.8, 4) is 0 Å². The van der Waals surface area contributed by atoms with Crippen LogP contribution >= 0.6 is 11.6 Å². The van der Waals surface area contributed by atoms with Gasteiger partial charge in [-0.1, -0.05) is 17.7 Å². The molecule has 0 aliphatic carbocycles. The summed E-state index contributed by atoms with van der Waals surface area (Å²) >= 11 is 5.95. The fraction of sp³-hybridized carbons (Fsp3) is 0.429. The summed E-state index contributed by atoms with van der Waals surface area (Å²) < 4.78 is 0. The van der Waals surface area contributed by atoms with Gasteiger partial charge in [0.15, 0.2) is 0 Å². The van der Waals surface area contributed by atoms with Gasteiger partial charge in [-0.2, -0.15) is 0 Å². The molecule has 0 spiro atoms. The minimum atomic E-state index is -0.719. The highest BCUT2D eigenvalue weighted by molar-refractivity contribution is 6.39. The molecule has 1 atom stereocenters. The van der Waals surface area contributed by atoms with Gasteiger partial charge in [0.1, 0.15) is 0 Å². The van der Waals surface area contributed by atoms with Crippen molar-refractivity contribution in [3.63, 3.8) is 0 Å². The number of hydrogen-bond donors (Lipinski definition) is 2. The minimum absolute atomic E-state index is 0.318. The predicted octanol–water partition coefficient (Wildman–Crippen LogP) is 1.82. The summed E-state index contributed by atoms with van der Waals surface area (Å²) in [5.41, 5.74) is 1.22. The van der Waals surface area contributed by atoms with Gasteiger partial charge in [0.05, 0.1) is 6.10 Å². The van der Waals surface area contributed by atoms with Gasteiger partial charge in [0.25, 0.3) is 0 Å². The van der Waals surface area contributed by atoms with Crippen LogP contribution in [0.1, 0.15) is 18.9 Å². The van der Waals surface area contributed by atoms with E-state index in [1.807, 2.05) is 0 Å². The van der Waals surface area contributed by atoms with Crippen molar-refractivity contribution >= 4 is 29.1 Å². The van der Waals surface area contributed by atoms with Gasteiger partial charge in [-0.25, -0.2) is 0 Å². The Hall–Kier alpha value is -1.59. The summed E-state index contributed by atoms with van der Waals surface area (Å²) in [6.45, 7) is 3.71. The van der Waals surface area contributed by atoms with E-state index >= 15 is 0 Å². The van der Waals surface area contributed by atoms with E-state index < -0.39 is 17.9 Å². The second-order valence-corrected chi connectivity index (χ2v) is 5.14. The molecule has 1 unspecified atom stereocenters. The first-order valence-electron chi connectivity index (χ1n) is 6.32. The zero-order valence-corrected chi connectivity index (χ0v) is 12.6. The largest absolute Gasteiger partial charge is 0.393 e. The van der Waals surface area contributed by atoms with Crippen LogP contribution in [0.3, 0.4) is 0 Å². The zero-order chi connectivity index (χ0) is 15.3. The van der Waals surface area contributed by atoms with Crippen molar-refractivity contribution in [2.45, 2.75) is 26.4 Å². The number of carbonyl (C=O) groups excluding carboxylic acids is 2. The molecule has 6 heteroatoms. The van der Waals surface area contributed by atoms with Crippen LogP contribution in [0.25, 0.3) is 0 Å². The van der Waals surface area contributed by atoms with Crippen LogP contribution in [0.15, 0.2) is 18.2 Å². The van der Waals surface area contributed by atoms with E-state index in [9.17, 15) is 14.7 Å². The Kier molecular flexibility index (Phi) is 5.98. The molecule has 1 aromatic rings. The summed E-state index contributed by atoms with van der Waals surface area (Å²) in [5.74, 6) is -1.37. The van der Waals surface area contributed by atoms with Crippen LogP contribution in [0, 0.1) is 6.92 Å². The lowest BCUT2D eigenvalue weighted by molar-refractivity contribution is -0.142. The number of anilines is 1. The van der Waals surface area contributed by atoms with Crippen molar-refractivity contribution in [2.24, 2.45) is 0 Å². The Balaban J connectivity index is 2.66. The van der Waals surface area contributed by atoms with Crippen molar-refractivity contribution in [1.82, 2.24) is 4.90 Å². The SMILES string of the molecule is Cc1c(Cl)cccc1NC(=O)C(=O)N(C)CCC(C)O. The molecule has 0 bridgehead atoms. The molecule has 0 aromatic heterocycles. The third-order valence-corrected chi connectivity index (χ3v) is 3.35. The molecule has 20 heavy (non-hydrogen) atoms. The molecule has 5 nitrogen and oxygen atoms in total. The molecule has 1 rings (SSSR count). The molecule has 0 aliphatic rings. The summed E-state index contributed by atoms with van der Waals surface area (Å²) in [7, 11) is 1.52. The number of benzene rings is 1. The molecule has 0 aliphatic heterocycles. The first-order valence-corrected chi connectivity index (χ1v) is 6.70. The van der Waals surface area contributed by atoms with Crippen molar-refractivity contribution in [3.05, 3.63) is 28.8 Å². The second-order valence-electron chi connectivity index (χ2n) is 4.73. The maximum Gasteiger partial charge on any atom is 0.313 e. The average Bonchev–Trinajstić information content (AvgIpc) is 2.40. The quantitative estimate of drug-likeness (QED) is 0.833. The van der Waals surface area contributed by atoms with Gasteiger partial charge in [-0.3, -0.25) is 9.59 Å². The first-order chi connectivity index (χ1) is 9.32. The molecule has 110 valence electrons. The molecule has 0 fully saturated rings. The van der Waals surface area contributed by atoms with Gasteiger partial charge in [0, 0.05) is 24.3 Å². The number of rotatable bonds is 4. The molecule has 0 saturated carbocycles. The van der Waals surface area contributed by atoms with E-state index in [1.165, 1.54) is 11.9 Å². The molecular formula is C14H19ClN2O3.